The Labute approximate surface area is 129 Å². The first-order chi connectivity index (χ1) is 10.0. The van der Waals surface area contributed by atoms with Crippen LogP contribution in [0.2, 0.25) is 0 Å². The smallest absolute Gasteiger partial charge is 0.315 e. The van der Waals surface area contributed by atoms with Crippen LogP contribution in [0.5, 0.6) is 0 Å². The number of thiophene rings is 1. The molecular formula is C15H24N2O3S. The van der Waals surface area contributed by atoms with Crippen LogP contribution in [0.25, 0.3) is 0 Å². The Hall–Kier alpha value is -1.11. The van der Waals surface area contributed by atoms with E-state index in [9.17, 15) is 9.90 Å². The number of carbonyl (C=O) groups is 1. The lowest BCUT2D eigenvalue weighted by molar-refractivity contribution is 0.0432. The summed E-state index contributed by atoms with van der Waals surface area (Å²) in [5, 5.41) is 18.0. The molecule has 1 aliphatic carbocycles. The van der Waals surface area contributed by atoms with Gasteiger partial charge in [0.25, 0.3) is 0 Å². The van der Waals surface area contributed by atoms with Crippen LogP contribution in [0.3, 0.4) is 0 Å². The maximum atomic E-state index is 12.0. The van der Waals surface area contributed by atoms with E-state index in [1.165, 1.54) is 11.3 Å². The van der Waals surface area contributed by atoms with Crippen LogP contribution in [0.1, 0.15) is 37.5 Å². The molecule has 2 amide bonds. The van der Waals surface area contributed by atoms with Gasteiger partial charge in [-0.3, -0.25) is 0 Å². The van der Waals surface area contributed by atoms with Crippen molar-refractivity contribution in [3.63, 3.8) is 0 Å². The zero-order valence-electron chi connectivity index (χ0n) is 12.6. The third-order valence-corrected chi connectivity index (χ3v) is 5.09. The van der Waals surface area contributed by atoms with Crippen LogP contribution in [0, 0.1) is 0 Å². The molecular weight excluding hydrogens is 288 g/mol. The molecule has 0 spiro atoms. The van der Waals surface area contributed by atoms with E-state index in [0.29, 0.717) is 0 Å². The Morgan fingerprint density at radius 2 is 2.29 bits per heavy atom. The second kappa shape index (κ2) is 7.24. The largest absolute Gasteiger partial charge is 0.383 e. The molecule has 1 aromatic heterocycles. The first kappa shape index (κ1) is 16.3. The highest BCUT2D eigenvalue weighted by molar-refractivity contribution is 7.10. The van der Waals surface area contributed by atoms with Crippen molar-refractivity contribution in [2.45, 2.75) is 50.4 Å². The van der Waals surface area contributed by atoms with Gasteiger partial charge in [0.05, 0.1) is 18.7 Å². The number of methoxy groups -OCH3 is 1. The summed E-state index contributed by atoms with van der Waals surface area (Å²) >= 11 is 1.48. The first-order valence-corrected chi connectivity index (χ1v) is 8.24. The number of carbonyl (C=O) groups excluding carboxylic acids is 1. The SMILES string of the molecule is COC1CCCCC1NC(=O)NCC(C)(O)c1cccs1. The van der Waals surface area contributed by atoms with E-state index in [4.69, 9.17) is 4.74 Å². The molecule has 3 N–H and O–H groups in total. The molecule has 0 aromatic carbocycles. The molecule has 1 saturated carbocycles. The summed E-state index contributed by atoms with van der Waals surface area (Å²) in [4.78, 5) is 12.8. The van der Waals surface area contributed by atoms with Gasteiger partial charge in [-0.15, -0.1) is 11.3 Å². The Bertz CT molecular complexity index is 448. The molecule has 0 radical (unpaired) electrons. The van der Waals surface area contributed by atoms with Gasteiger partial charge in [-0.2, -0.15) is 0 Å². The van der Waals surface area contributed by atoms with Gasteiger partial charge in [-0.25, -0.2) is 4.79 Å². The zero-order valence-corrected chi connectivity index (χ0v) is 13.4. The van der Waals surface area contributed by atoms with Crippen molar-refractivity contribution in [3.05, 3.63) is 22.4 Å². The van der Waals surface area contributed by atoms with Gasteiger partial charge in [-0.05, 0) is 31.2 Å². The molecule has 1 fully saturated rings. The summed E-state index contributed by atoms with van der Waals surface area (Å²) in [5.41, 5.74) is -1.04. The van der Waals surface area contributed by atoms with Gasteiger partial charge >= 0.3 is 6.03 Å². The minimum Gasteiger partial charge on any atom is -0.383 e. The Morgan fingerprint density at radius 1 is 1.52 bits per heavy atom. The van der Waals surface area contributed by atoms with Crippen LogP contribution in [-0.4, -0.2) is 36.9 Å². The van der Waals surface area contributed by atoms with Crippen molar-refractivity contribution in [2.75, 3.05) is 13.7 Å². The Morgan fingerprint density at radius 3 is 2.95 bits per heavy atom. The number of nitrogens with one attached hydrogen (secondary N) is 2. The maximum absolute atomic E-state index is 12.0. The molecule has 0 saturated heterocycles. The monoisotopic (exact) mass is 312 g/mol. The summed E-state index contributed by atoms with van der Waals surface area (Å²) in [6, 6.07) is 3.56. The van der Waals surface area contributed by atoms with Gasteiger partial charge < -0.3 is 20.5 Å². The molecule has 0 bridgehead atoms. The molecule has 3 atom stereocenters. The third-order valence-electron chi connectivity index (χ3n) is 3.97. The quantitative estimate of drug-likeness (QED) is 0.781. The second-order valence-corrected chi connectivity index (χ2v) is 6.69. The van der Waals surface area contributed by atoms with E-state index in [0.717, 1.165) is 30.6 Å². The average Bonchev–Trinajstić information content (AvgIpc) is 3.01. The van der Waals surface area contributed by atoms with Crippen molar-refractivity contribution < 1.29 is 14.6 Å². The maximum Gasteiger partial charge on any atom is 0.315 e. The summed E-state index contributed by atoms with van der Waals surface area (Å²) in [5.74, 6) is 0. The van der Waals surface area contributed by atoms with Crippen molar-refractivity contribution in [1.82, 2.24) is 10.6 Å². The summed E-state index contributed by atoms with van der Waals surface area (Å²) in [6.45, 7) is 1.89. The van der Waals surface area contributed by atoms with Gasteiger partial charge in [-0.1, -0.05) is 18.9 Å². The lowest BCUT2D eigenvalue weighted by Crippen LogP contribution is -2.51. The van der Waals surface area contributed by atoms with E-state index in [1.54, 1.807) is 14.0 Å². The van der Waals surface area contributed by atoms with Crippen LogP contribution >= 0.6 is 11.3 Å². The van der Waals surface area contributed by atoms with E-state index < -0.39 is 5.60 Å². The predicted octanol–water partition coefficient (Wildman–Crippen LogP) is 2.21. The molecule has 21 heavy (non-hydrogen) atoms. The van der Waals surface area contributed by atoms with E-state index in [-0.39, 0.29) is 24.7 Å². The summed E-state index contributed by atoms with van der Waals surface area (Å²) < 4.78 is 5.42. The number of ether oxygens (including phenoxy) is 1. The number of hydrogen-bond donors (Lipinski definition) is 3. The minimum atomic E-state index is -1.04. The van der Waals surface area contributed by atoms with Gasteiger partial charge in [0.15, 0.2) is 0 Å². The van der Waals surface area contributed by atoms with E-state index in [1.807, 2.05) is 17.5 Å². The highest BCUT2D eigenvalue weighted by atomic mass is 32.1. The number of aliphatic hydroxyl groups is 1. The fourth-order valence-corrected chi connectivity index (χ4v) is 3.47. The van der Waals surface area contributed by atoms with Gasteiger partial charge in [0.1, 0.15) is 5.60 Å². The van der Waals surface area contributed by atoms with Crippen LogP contribution in [0.4, 0.5) is 4.79 Å². The minimum absolute atomic E-state index is 0.0513. The Balaban J connectivity index is 1.82. The van der Waals surface area contributed by atoms with E-state index in [2.05, 4.69) is 10.6 Å². The number of rotatable bonds is 5. The standard InChI is InChI=1S/C15H24N2O3S/c1-15(19,13-8-5-9-21-13)10-16-14(18)17-11-6-3-4-7-12(11)20-2/h5,8-9,11-12,19H,3-4,6-7,10H2,1-2H3,(H2,16,17,18). The molecule has 1 aromatic rings. The fourth-order valence-electron chi connectivity index (χ4n) is 2.69. The highest BCUT2D eigenvalue weighted by Crippen LogP contribution is 2.24. The number of urea groups is 1. The number of amides is 2. The lowest BCUT2D eigenvalue weighted by atomic mass is 9.92. The molecule has 6 heteroatoms. The molecule has 5 nitrogen and oxygen atoms in total. The third kappa shape index (κ3) is 4.43. The zero-order chi connectivity index (χ0) is 15.3. The molecule has 3 unspecified atom stereocenters. The fraction of sp³-hybridized carbons (Fsp3) is 0.667. The van der Waals surface area contributed by atoms with Crippen molar-refractivity contribution in [3.8, 4) is 0 Å². The Kier molecular flexibility index (Phi) is 5.61. The van der Waals surface area contributed by atoms with E-state index >= 15 is 0 Å². The molecule has 118 valence electrons. The lowest BCUT2D eigenvalue weighted by Gasteiger charge is -2.31. The van der Waals surface area contributed by atoms with Crippen LogP contribution < -0.4 is 10.6 Å². The first-order valence-electron chi connectivity index (χ1n) is 7.36. The van der Waals surface area contributed by atoms with Crippen molar-refractivity contribution in [2.24, 2.45) is 0 Å². The summed E-state index contributed by atoms with van der Waals surface area (Å²) in [6.07, 6.45) is 4.26. The topological polar surface area (TPSA) is 70.6 Å². The summed E-state index contributed by atoms with van der Waals surface area (Å²) in [7, 11) is 1.68. The van der Waals surface area contributed by atoms with Gasteiger partial charge in [0.2, 0.25) is 0 Å². The molecule has 1 heterocycles. The van der Waals surface area contributed by atoms with Crippen molar-refractivity contribution >= 4 is 17.4 Å². The molecule has 1 aliphatic rings. The average molecular weight is 312 g/mol. The van der Waals surface area contributed by atoms with Crippen LogP contribution in [-0.2, 0) is 10.3 Å². The highest BCUT2D eigenvalue weighted by Gasteiger charge is 2.28. The predicted molar refractivity (Wildman–Crippen MR) is 83.5 cm³/mol. The normalized spacial score (nSPS) is 25.1. The van der Waals surface area contributed by atoms with Gasteiger partial charge in [0, 0.05) is 12.0 Å². The number of hydrogen-bond acceptors (Lipinski definition) is 4. The second-order valence-electron chi connectivity index (χ2n) is 5.74. The van der Waals surface area contributed by atoms with Crippen molar-refractivity contribution in [1.29, 1.82) is 0 Å². The molecule has 2 rings (SSSR count). The van der Waals surface area contributed by atoms with Crippen LogP contribution in [0.15, 0.2) is 17.5 Å². The molecule has 0 aliphatic heterocycles.